The maximum atomic E-state index is 11.7. The van der Waals surface area contributed by atoms with E-state index in [1.165, 1.54) is 11.1 Å². The average Bonchev–Trinajstić information content (AvgIpc) is 2.06. The number of alkyl halides is 1. The van der Waals surface area contributed by atoms with Gasteiger partial charge in [0.1, 0.15) is 11.1 Å². The van der Waals surface area contributed by atoms with Crippen molar-refractivity contribution in [2.24, 2.45) is 5.73 Å². The number of hydrogen-bond acceptors (Lipinski definition) is 3. The van der Waals surface area contributed by atoms with Crippen molar-refractivity contribution in [3.05, 3.63) is 24.0 Å². The Morgan fingerprint density at radius 2 is 2.20 bits per heavy atom. The fourth-order valence-electron chi connectivity index (χ4n) is 1.03. The number of nitrogens with two attached hydrogens (primary N) is 1. The third-order valence-corrected chi connectivity index (χ3v) is 1.96. The first-order valence-electron chi connectivity index (χ1n) is 4.60. The van der Waals surface area contributed by atoms with Crippen molar-refractivity contribution in [3.63, 3.8) is 0 Å². The van der Waals surface area contributed by atoms with E-state index in [9.17, 15) is 4.79 Å². The molecule has 0 aromatic carbocycles. The fourth-order valence-corrected chi connectivity index (χ4v) is 1.23. The predicted molar refractivity (Wildman–Crippen MR) is 59.1 cm³/mol. The van der Waals surface area contributed by atoms with E-state index >= 15 is 0 Å². The number of carbonyl (C=O) groups is 1. The Morgan fingerprint density at radius 3 is 2.73 bits per heavy atom. The molecule has 1 amide bonds. The number of rotatable bonds is 0. The summed E-state index contributed by atoms with van der Waals surface area (Å²) >= 11 is 5.91. The minimum absolute atomic E-state index is 0.470. The van der Waals surface area contributed by atoms with Crippen LogP contribution in [0.3, 0.4) is 0 Å². The Balaban J connectivity index is 2.72. The van der Waals surface area contributed by atoms with Crippen molar-refractivity contribution >= 4 is 17.7 Å². The second-order valence-corrected chi connectivity index (χ2v) is 4.70. The molecule has 1 aliphatic rings. The molecule has 0 aliphatic carbocycles. The van der Waals surface area contributed by atoms with E-state index in [-0.39, 0.29) is 0 Å². The second-order valence-electron chi connectivity index (χ2n) is 4.25. The highest BCUT2D eigenvalue weighted by Crippen LogP contribution is 2.18. The highest BCUT2D eigenvalue weighted by atomic mass is 35.5. The monoisotopic (exact) mass is 230 g/mol. The first-order chi connectivity index (χ1) is 6.79. The van der Waals surface area contributed by atoms with E-state index in [1.54, 1.807) is 32.9 Å². The Bertz CT molecular complexity index is 318. The number of halogens is 1. The molecular formula is C10H15ClN2O2. The molecule has 0 radical (unpaired) electrons. The van der Waals surface area contributed by atoms with Crippen LogP contribution in [0.15, 0.2) is 24.0 Å². The van der Waals surface area contributed by atoms with Crippen LogP contribution in [0, 0.1) is 0 Å². The van der Waals surface area contributed by atoms with E-state index < -0.39 is 17.2 Å². The lowest BCUT2D eigenvalue weighted by atomic mass is 10.2. The molecule has 1 aliphatic heterocycles. The van der Waals surface area contributed by atoms with Gasteiger partial charge in [-0.25, -0.2) is 4.79 Å². The smallest absolute Gasteiger partial charge is 0.415 e. The minimum atomic E-state index is -0.549. The van der Waals surface area contributed by atoms with Crippen molar-refractivity contribution in [3.8, 4) is 0 Å². The molecule has 4 nitrogen and oxygen atoms in total. The molecule has 2 N–H and O–H groups in total. The van der Waals surface area contributed by atoms with Crippen LogP contribution in [-0.2, 0) is 4.74 Å². The summed E-state index contributed by atoms with van der Waals surface area (Å²) in [5, 5.41) is 0. The van der Waals surface area contributed by atoms with Crippen LogP contribution in [0.1, 0.15) is 20.8 Å². The van der Waals surface area contributed by atoms with Gasteiger partial charge in [0.15, 0.2) is 0 Å². The van der Waals surface area contributed by atoms with E-state index in [4.69, 9.17) is 22.1 Å². The zero-order valence-corrected chi connectivity index (χ0v) is 9.78. The zero-order chi connectivity index (χ0) is 11.6. The molecule has 0 fully saturated rings. The van der Waals surface area contributed by atoms with Gasteiger partial charge in [0.05, 0.1) is 0 Å². The van der Waals surface area contributed by atoms with Gasteiger partial charge in [-0.2, -0.15) is 0 Å². The van der Waals surface area contributed by atoms with Gasteiger partial charge in [0, 0.05) is 11.9 Å². The number of allylic oxidation sites excluding steroid dienone is 1. The Hall–Kier alpha value is -1.16. The van der Waals surface area contributed by atoms with Crippen LogP contribution >= 0.6 is 11.6 Å². The van der Waals surface area contributed by atoms with Crippen molar-refractivity contribution < 1.29 is 9.53 Å². The van der Waals surface area contributed by atoms with Crippen LogP contribution in [0.25, 0.3) is 0 Å². The summed E-state index contributed by atoms with van der Waals surface area (Å²) in [6, 6.07) is 0. The van der Waals surface area contributed by atoms with Crippen LogP contribution in [0.4, 0.5) is 4.79 Å². The summed E-state index contributed by atoms with van der Waals surface area (Å²) < 4.78 is 5.16. The molecule has 5 heteroatoms. The topological polar surface area (TPSA) is 55.6 Å². The molecular weight excluding hydrogens is 216 g/mol. The first-order valence-corrected chi connectivity index (χ1v) is 5.04. The van der Waals surface area contributed by atoms with E-state index in [0.29, 0.717) is 5.70 Å². The van der Waals surface area contributed by atoms with E-state index in [0.717, 1.165) is 0 Å². The van der Waals surface area contributed by atoms with E-state index in [1.807, 2.05) is 0 Å². The quantitative estimate of drug-likeness (QED) is 0.513. The van der Waals surface area contributed by atoms with E-state index in [2.05, 4.69) is 0 Å². The van der Waals surface area contributed by atoms with Gasteiger partial charge in [0.25, 0.3) is 0 Å². The molecule has 0 bridgehead atoms. The number of nitrogens with zero attached hydrogens (tertiary/aromatic N) is 1. The summed E-state index contributed by atoms with van der Waals surface area (Å²) in [4.78, 5) is 12.9. The van der Waals surface area contributed by atoms with Crippen LogP contribution in [0.5, 0.6) is 0 Å². The summed E-state index contributed by atoms with van der Waals surface area (Å²) in [5.74, 6) is 0. The zero-order valence-electron chi connectivity index (χ0n) is 9.03. The molecule has 84 valence electrons. The van der Waals surface area contributed by atoms with Crippen LogP contribution in [0.2, 0.25) is 0 Å². The van der Waals surface area contributed by atoms with Crippen molar-refractivity contribution in [1.29, 1.82) is 0 Å². The highest BCUT2D eigenvalue weighted by molar-refractivity contribution is 6.22. The third kappa shape index (κ3) is 3.47. The Kier molecular flexibility index (Phi) is 3.29. The second kappa shape index (κ2) is 4.14. The molecule has 0 spiro atoms. The maximum Gasteiger partial charge on any atom is 0.415 e. The molecule has 1 rings (SSSR count). The Labute approximate surface area is 94.3 Å². The van der Waals surface area contributed by atoms with Gasteiger partial charge in [-0.15, -0.1) is 0 Å². The molecule has 0 saturated heterocycles. The van der Waals surface area contributed by atoms with Crippen molar-refractivity contribution in [1.82, 2.24) is 4.90 Å². The lowest BCUT2D eigenvalue weighted by Crippen LogP contribution is -2.38. The predicted octanol–water partition coefficient (Wildman–Crippen LogP) is 2.16. The fraction of sp³-hybridized carbons (Fsp3) is 0.500. The summed E-state index contributed by atoms with van der Waals surface area (Å²) in [6.45, 7) is 5.38. The molecule has 0 aromatic rings. The molecule has 0 saturated carbocycles. The van der Waals surface area contributed by atoms with Crippen molar-refractivity contribution in [2.45, 2.75) is 31.9 Å². The standard InChI is InChI=1S/C10H15ClN2O2/c1-10(2,3)15-9(14)13-6-7(12)4-5-8(13)11/h4-6,8H,12H2,1-3H3. The maximum absolute atomic E-state index is 11.7. The number of carbonyl (C=O) groups excluding carboxylic acids is 1. The summed E-state index contributed by atoms with van der Waals surface area (Å²) in [5.41, 5.74) is 4.93. The van der Waals surface area contributed by atoms with Gasteiger partial charge in [0.2, 0.25) is 0 Å². The lowest BCUT2D eigenvalue weighted by Gasteiger charge is -2.28. The van der Waals surface area contributed by atoms with Crippen LogP contribution in [-0.4, -0.2) is 22.1 Å². The molecule has 1 unspecified atom stereocenters. The Morgan fingerprint density at radius 1 is 1.60 bits per heavy atom. The van der Waals surface area contributed by atoms with Gasteiger partial charge in [-0.05, 0) is 32.9 Å². The minimum Gasteiger partial charge on any atom is -0.443 e. The SMILES string of the molecule is CC(C)(C)OC(=O)N1C=C(N)C=CC1Cl. The molecule has 1 heterocycles. The number of amides is 1. The van der Waals surface area contributed by atoms with Crippen molar-refractivity contribution in [2.75, 3.05) is 0 Å². The van der Waals surface area contributed by atoms with Crippen LogP contribution < -0.4 is 5.73 Å². The summed E-state index contributed by atoms with van der Waals surface area (Å²) in [6.07, 6.45) is 4.24. The number of ether oxygens (including phenoxy) is 1. The normalized spacial score (nSPS) is 21.2. The molecule has 0 aromatic heterocycles. The first kappa shape index (κ1) is 11.9. The van der Waals surface area contributed by atoms with Gasteiger partial charge >= 0.3 is 6.09 Å². The van der Waals surface area contributed by atoms with Gasteiger partial charge in [-0.1, -0.05) is 11.6 Å². The number of hydrogen-bond donors (Lipinski definition) is 1. The lowest BCUT2D eigenvalue weighted by molar-refractivity contribution is 0.0331. The summed E-state index contributed by atoms with van der Waals surface area (Å²) in [7, 11) is 0. The largest absolute Gasteiger partial charge is 0.443 e. The van der Waals surface area contributed by atoms with Gasteiger partial charge in [-0.3, -0.25) is 4.90 Å². The molecule has 1 atom stereocenters. The highest BCUT2D eigenvalue weighted by Gasteiger charge is 2.26. The van der Waals surface area contributed by atoms with Gasteiger partial charge < -0.3 is 10.5 Å². The third-order valence-electron chi connectivity index (χ3n) is 1.61. The average molecular weight is 231 g/mol. The molecule has 15 heavy (non-hydrogen) atoms.